The van der Waals surface area contributed by atoms with Crippen molar-refractivity contribution in [1.82, 2.24) is 9.78 Å². The van der Waals surface area contributed by atoms with E-state index in [1.165, 1.54) is 12.1 Å². The normalized spacial score (nSPS) is 14.4. The summed E-state index contributed by atoms with van der Waals surface area (Å²) < 4.78 is 42.8. The van der Waals surface area contributed by atoms with E-state index in [2.05, 4.69) is 15.4 Å². The molecule has 4 rings (SSSR count). The Labute approximate surface area is 152 Å². The maximum Gasteiger partial charge on any atom is 0.573 e. The number of nitrogens with one attached hydrogen (secondary N) is 1. The summed E-state index contributed by atoms with van der Waals surface area (Å²) in [5.74, 6) is 0.665. The zero-order valence-electron chi connectivity index (χ0n) is 13.7. The summed E-state index contributed by atoms with van der Waals surface area (Å²) in [5.41, 5.74) is 3.82. The number of halogens is 3. The Hall–Kier alpha value is -2.48. The third-order valence-electron chi connectivity index (χ3n) is 4.24. The third-order valence-corrected chi connectivity index (χ3v) is 4.92. The maximum absolute atomic E-state index is 12.3. The van der Waals surface area contributed by atoms with Crippen molar-refractivity contribution >= 4 is 17.2 Å². The van der Waals surface area contributed by atoms with Crippen LogP contribution in [0.3, 0.4) is 0 Å². The van der Waals surface area contributed by atoms with Crippen LogP contribution in [0.25, 0.3) is 16.9 Å². The molecular weight excluding hydrogens is 363 g/mol. The zero-order chi connectivity index (χ0) is 18.1. The average Bonchev–Trinajstić information content (AvgIpc) is 3.16. The van der Waals surface area contributed by atoms with E-state index < -0.39 is 6.36 Å². The van der Waals surface area contributed by atoms with E-state index in [1.807, 2.05) is 11.4 Å². The van der Waals surface area contributed by atoms with Gasteiger partial charge < -0.3 is 10.1 Å². The first-order chi connectivity index (χ1) is 12.5. The van der Waals surface area contributed by atoms with Gasteiger partial charge in [-0.2, -0.15) is 16.4 Å². The van der Waals surface area contributed by atoms with Gasteiger partial charge in [-0.25, -0.2) is 4.68 Å². The van der Waals surface area contributed by atoms with Gasteiger partial charge in [0.1, 0.15) is 11.6 Å². The Bertz CT molecular complexity index is 886. The lowest BCUT2D eigenvalue weighted by Gasteiger charge is -2.11. The van der Waals surface area contributed by atoms with Gasteiger partial charge in [-0.05, 0) is 55.0 Å². The molecule has 26 heavy (non-hydrogen) atoms. The largest absolute Gasteiger partial charge is 0.573 e. The van der Waals surface area contributed by atoms with E-state index in [-0.39, 0.29) is 5.75 Å². The SMILES string of the molecule is FC(F)(F)Oc1ccc(-n2nc(-c3ccsc3)c3c2NCCCC3)cc1. The molecule has 0 saturated heterocycles. The summed E-state index contributed by atoms with van der Waals surface area (Å²) in [5, 5.41) is 12.2. The number of benzene rings is 1. The molecule has 1 N–H and O–H groups in total. The number of anilines is 1. The molecule has 3 aromatic rings. The van der Waals surface area contributed by atoms with E-state index >= 15 is 0 Å². The Morgan fingerprint density at radius 1 is 1.12 bits per heavy atom. The molecule has 3 heterocycles. The van der Waals surface area contributed by atoms with Crippen LogP contribution in [0, 0.1) is 0 Å². The van der Waals surface area contributed by atoms with Crippen molar-refractivity contribution < 1.29 is 17.9 Å². The lowest BCUT2D eigenvalue weighted by atomic mass is 10.1. The number of fused-ring (bicyclic) bond motifs is 1. The summed E-state index contributed by atoms with van der Waals surface area (Å²) in [6.45, 7) is 0.844. The molecular formula is C18H16F3N3OS. The van der Waals surface area contributed by atoms with Crippen molar-refractivity contribution in [2.24, 2.45) is 0 Å². The highest BCUT2D eigenvalue weighted by Gasteiger charge is 2.31. The number of ether oxygens (including phenoxy) is 1. The van der Waals surface area contributed by atoms with Crippen LogP contribution in [-0.4, -0.2) is 22.7 Å². The van der Waals surface area contributed by atoms with Crippen molar-refractivity contribution in [2.45, 2.75) is 25.6 Å². The molecule has 1 aliphatic heterocycles. The summed E-state index contributed by atoms with van der Waals surface area (Å²) in [7, 11) is 0. The van der Waals surface area contributed by atoms with Gasteiger partial charge in [-0.1, -0.05) is 0 Å². The highest BCUT2D eigenvalue weighted by Crippen LogP contribution is 2.35. The molecule has 0 bridgehead atoms. The molecule has 8 heteroatoms. The fraction of sp³-hybridized carbons (Fsp3) is 0.278. The summed E-state index contributed by atoms with van der Waals surface area (Å²) >= 11 is 1.61. The van der Waals surface area contributed by atoms with E-state index in [4.69, 9.17) is 5.10 Å². The lowest BCUT2D eigenvalue weighted by molar-refractivity contribution is -0.274. The van der Waals surface area contributed by atoms with Crippen LogP contribution in [0.2, 0.25) is 0 Å². The van der Waals surface area contributed by atoms with Crippen LogP contribution in [-0.2, 0) is 6.42 Å². The molecule has 2 aromatic heterocycles. The summed E-state index contributed by atoms with van der Waals surface area (Å²) in [6, 6.07) is 7.80. The molecule has 0 atom stereocenters. The molecule has 136 valence electrons. The van der Waals surface area contributed by atoms with Gasteiger partial charge in [-0.15, -0.1) is 13.2 Å². The molecule has 1 aromatic carbocycles. The van der Waals surface area contributed by atoms with Crippen LogP contribution in [0.15, 0.2) is 41.1 Å². The second-order valence-corrected chi connectivity index (χ2v) is 6.81. The molecule has 4 nitrogen and oxygen atoms in total. The first-order valence-corrected chi connectivity index (χ1v) is 9.20. The lowest BCUT2D eigenvalue weighted by Crippen LogP contribution is -2.17. The van der Waals surface area contributed by atoms with Gasteiger partial charge in [-0.3, -0.25) is 0 Å². The predicted octanol–water partition coefficient (Wildman–Crippen LogP) is 5.25. The number of thiophene rings is 1. The summed E-state index contributed by atoms with van der Waals surface area (Å²) in [4.78, 5) is 0. The molecule has 0 radical (unpaired) electrons. The number of hydrogen-bond acceptors (Lipinski definition) is 4. The van der Waals surface area contributed by atoms with Crippen LogP contribution in [0.5, 0.6) is 5.75 Å². The van der Waals surface area contributed by atoms with Crippen molar-refractivity contribution in [3.05, 3.63) is 46.7 Å². The number of rotatable bonds is 3. The van der Waals surface area contributed by atoms with Gasteiger partial charge >= 0.3 is 6.36 Å². The third kappa shape index (κ3) is 3.41. The molecule has 0 fully saturated rings. The minimum atomic E-state index is -4.70. The maximum atomic E-state index is 12.3. The van der Waals surface area contributed by atoms with Gasteiger partial charge in [0.25, 0.3) is 0 Å². The van der Waals surface area contributed by atoms with E-state index in [0.717, 1.165) is 48.4 Å². The van der Waals surface area contributed by atoms with Gasteiger partial charge in [0.05, 0.1) is 11.4 Å². The highest BCUT2D eigenvalue weighted by molar-refractivity contribution is 7.08. The van der Waals surface area contributed by atoms with Gasteiger partial charge in [0.15, 0.2) is 0 Å². The first-order valence-electron chi connectivity index (χ1n) is 8.26. The Kier molecular flexibility index (Phi) is 4.36. The van der Waals surface area contributed by atoms with Crippen molar-refractivity contribution in [3.8, 4) is 22.7 Å². The quantitative estimate of drug-likeness (QED) is 0.676. The second kappa shape index (κ2) is 6.68. The van der Waals surface area contributed by atoms with E-state index in [9.17, 15) is 13.2 Å². The van der Waals surface area contributed by atoms with Crippen LogP contribution in [0.4, 0.5) is 19.0 Å². The number of aromatic nitrogens is 2. The van der Waals surface area contributed by atoms with E-state index in [0.29, 0.717) is 5.69 Å². The van der Waals surface area contributed by atoms with Crippen LogP contribution in [0.1, 0.15) is 18.4 Å². The molecule has 0 unspecified atom stereocenters. The van der Waals surface area contributed by atoms with Crippen LogP contribution < -0.4 is 10.1 Å². The van der Waals surface area contributed by atoms with E-state index in [1.54, 1.807) is 28.2 Å². The predicted molar refractivity (Wildman–Crippen MR) is 95.0 cm³/mol. The highest BCUT2D eigenvalue weighted by atomic mass is 32.1. The van der Waals surface area contributed by atoms with Crippen molar-refractivity contribution in [1.29, 1.82) is 0 Å². The standard InChI is InChI=1S/C18H16F3N3OS/c19-18(20,21)25-14-6-4-13(5-7-14)24-17-15(3-1-2-9-22-17)16(23-24)12-8-10-26-11-12/h4-8,10-11,22H,1-3,9H2. The van der Waals surface area contributed by atoms with Crippen LogP contribution >= 0.6 is 11.3 Å². The number of hydrogen-bond donors (Lipinski definition) is 1. The topological polar surface area (TPSA) is 39.1 Å². The Morgan fingerprint density at radius 3 is 2.62 bits per heavy atom. The number of alkyl halides is 3. The Morgan fingerprint density at radius 2 is 1.92 bits per heavy atom. The molecule has 0 aliphatic carbocycles. The van der Waals surface area contributed by atoms with Crippen molar-refractivity contribution in [3.63, 3.8) is 0 Å². The fourth-order valence-electron chi connectivity index (χ4n) is 3.11. The summed E-state index contributed by atoms with van der Waals surface area (Å²) in [6.07, 6.45) is -1.64. The number of nitrogens with zero attached hydrogens (tertiary/aromatic N) is 2. The fourth-order valence-corrected chi connectivity index (χ4v) is 3.75. The smallest absolute Gasteiger partial charge is 0.406 e. The zero-order valence-corrected chi connectivity index (χ0v) is 14.5. The molecule has 1 aliphatic rings. The monoisotopic (exact) mass is 379 g/mol. The van der Waals surface area contributed by atoms with Gasteiger partial charge in [0, 0.05) is 23.1 Å². The molecule has 0 amide bonds. The van der Waals surface area contributed by atoms with Crippen molar-refractivity contribution in [2.75, 3.05) is 11.9 Å². The minimum Gasteiger partial charge on any atom is -0.406 e. The Balaban J connectivity index is 1.74. The van der Waals surface area contributed by atoms with Gasteiger partial charge in [0.2, 0.25) is 0 Å². The second-order valence-electron chi connectivity index (χ2n) is 6.03. The molecule has 0 saturated carbocycles. The average molecular weight is 379 g/mol. The minimum absolute atomic E-state index is 0.245. The first kappa shape index (κ1) is 17.0. The molecule has 0 spiro atoms.